The number of aromatic nitrogens is 1. The van der Waals surface area contributed by atoms with Gasteiger partial charge >= 0.3 is 0 Å². The number of aliphatic hydroxyl groups is 1. The molecule has 1 atom stereocenters. The summed E-state index contributed by atoms with van der Waals surface area (Å²) in [6.07, 6.45) is 3.75. The van der Waals surface area contributed by atoms with E-state index >= 15 is 0 Å². The highest BCUT2D eigenvalue weighted by atomic mass is 16.3. The highest BCUT2D eigenvalue weighted by Crippen LogP contribution is 2.34. The van der Waals surface area contributed by atoms with Crippen molar-refractivity contribution in [2.45, 2.75) is 32.4 Å². The number of nitrogens with zero attached hydrogens (tertiary/aromatic N) is 1. The lowest BCUT2D eigenvalue weighted by Gasteiger charge is -2.17. The summed E-state index contributed by atoms with van der Waals surface area (Å²) in [5, 5.41) is 22.5. The van der Waals surface area contributed by atoms with E-state index in [1.807, 2.05) is 0 Å². The van der Waals surface area contributed by atoms with Gasteiger partial charge in [-0.15, -0.1) is 0 Å². The number of pyridine rings is 1. The Bertz CT molecular complexity index is 360. The third kappa shape index (κ3) is 1.82. The highest BCUT2D eigenvalue weighted by molar-refractivity contribution is 5.43. The number of aryl methyl sites for hydroxylation is 1. The molecular formula is C11H16N2O2. The number of aromatic hydroxyl groups is 1. The molecule has 0 spiro atoms. The smallest absolute Gasteiger partial charge is 0.141 e. The Labute approximate surface area is 89.0 Å². The van der Waals surface area contributed by atoms with Gasteiger partial charge in [-0.3, -0.25) is 4.98 Å². The van der Waals surface area contributed by atoms with Gasteiger partial charge in [0.15, 0.2) is 0 Å². The van der Waals surface area contributed by atoms with E-state index < -0.39 is 0 Å². The lowest BCUT2D eigenvalue weighted by atomic mass is 9.99. The van der Waals surface area contributed by atoms with Crippen LogP contribution < -0.4 is 5.32 Å². The molecule has 0 radical (unpaired) electrons. The predicted molar refractivity (Wildman–Crippen MR) is 56.5 cm³/mol. The summed E-state index contributed by atoms with van der Waals surface area (Å²) in [7, 11) is 0. The van der Waals surface area contributed by atoms with E-state index in [4.69, 9.17) is 0 Å². The third-order valence-corrected chi connectivity index (χ3v) is 2.94. The summed E-state index contributed by atoms with van der Waals surface area (Å²) >= 11 is 0. The van der Waals surface area contributed by atoms with E-state index in [9.17, 15) is 10.2 Å². The van der Waals surface area contributed by atoms with E-state index in [-0.39, 0.29) is 18.4 Å². The SMILES string of the molecule is Cc1ncc(CO)c([C@@H]2CCCN2)c1O. The van der Waals surface area contributed by atoms with Gasteiger partial charge in [0, 0.05) is 23.4 Å². The van der Waals surface area contributed by atoms with Crippen LogP contribution in [0.25, 0.3) is 0 Å². The molecule has 15 heavy (non-hydrogen) atoms. The van der Waals surface area contributed by atoms with Crippen molar-refractivity contribution >= 4 is 0 Å². The molecular weight excluding hydrogens is 192 g/mol. The summed E-state index contributed by atoms with van der Waals surface area (Å²) in [5.41, 5.74) is 2.16. The van der Waals surface area contributed by atoms with Gasteiger partial charge in [-0.25, -0.2) is 0 Å². The van der Waals surface area contributed by atoms with Crippen LogP contribution in [0.1, 0.15) is 35.7 Å². The van der Waals surface area contributed by atoms with Crippen molar-refractivity contribution in [1.82, 2.24) is 10.3 Å². The van der Waals surface area contributed by atoms with Crippen LogP contribution in [0.3, 0.4) is 0 Å². The average molecular weight is 208 g/mol. The lowest BCUT2D eigenvalue weighted by molar-refractivity contribution is 0.277. The molecule has 2 rings (SSSR count). The van der Waals surface area contributed by atoms with E-state index in [1.165, 1.54) is 0 Å². The van der Waals surface area contributed by atoms with Gasteiger partial charge in [-0.05, 0) is 26.3 Å². The van der Waals surface area contributed by atoms with Crippen molar-refractivity contribution in [3.05, 3.63) is 23.0 Å². The van der Waals surface area contributed by atoms with E-state index in [2.05, 4.69) is 10.3 Å². The summed E-state index contributed by atoms with van der Waals surface area (Å²) in [6.45, 7) is 2.67. The summed E-state index contributed by atoms with van der Waals surface area (Å²) in [4.78, 5) is 4.04. The third-order valence-electron chi connectivity index (χ3n) is 2.94. The van der Waals surface area contributed by atoms with Gasteiger partial charge in [0.2, 0.25) is 0 Å². The van der Waals surface area contributed by atoms with Gasteiger partial charge < -0.3 is 15.5 Å². The van der Waals surface area contributed by atoms with Crippen molar-refractivity contribution in [2.24, 2.45) is 0 Å². The molecule has 1 aliphatic rings. The molecule has 0 amide bonds. The van der Waals surface area contributed by atoms with Crippen molar-refractivity contribution < 1.29 is 10.2 Å². The molecule has 2 heterocycles. The van der Waals surface area contributed by atoms with Crippen molar-refractivity contribution in [3.63, 3.8) is 0 Å². The quantitative estimate of drug-likeness (QED) is 0.678. The van der Waals surface area contributed by atoms with E-state index in [1.54, 1.807) is 13.1 Å². The van der Waals surface area contributed by atoms with Crippen LogP contribution in [0.15, 0.2) is 6.20 Å². The van der Waals surface area contributed by atoms with Crippen LogP contribution in [0, 0.1) is 6.92 Å². The molecule has 0 aromatic carbocycles. The molecule has 82 valence electrons. The first-order valence-electron chi connectivity index (χ1n) is 5.25. The molecule has 1 aliphatic heterocycles. The summed E-state index contributed by atoms with van der Waals surface area (Å²) in [5.74, 6) is 0.223. The maximum absolute atomic E-state index is 9.96. The van der Waals surface area contributed by atoms with E-state index in [0.29, 0.717) is 5.69 Å². The summed E-state index contributed by atoms with van der Waals surface area (Å²) < 4.78 is 0. The van der Waals surface area contributed by atoms with Crippen LogP contribution in [-0.2, 0) is 6.61 Å². The second-order valence-corrected chi connectivity index (χ2v) is 3.94. The largest absolute Gasteiger partial charge is 0.506 e. The minimum Gasteiger partial charge on any atom is -0.506 e. The van der Waals surface area contributed by atoms with Gasteiger partial charge in [0.05, 0.1) is 12.3 Å². The molecule has 1 aromatic rings. The zero-order valence-electron chi connectivity index (χ0n) is 8.82. The molecule has 0 bridgehead atoms. The second kappa shape index (κ2) is 4.16. The van der Waals surface area contributed by atoms with Crippen LogP contribution in [-0.4, -0.2) is 21.7 Å². The maximum Gasteiger partial charge on any atom is 0.141 e. The highest BCUT2D eigenvalue weighted by Gasteiger charge is 2.23. The Morgan fingerprint density at radius 3 is 3.00 bits per heavy atom. The van der Waals surface area contributed by atoms with E-state index in [0.717, 1.165) is 30.5 Å². The minimum absolute atomic E-state index is 0.0750. The van der Waals surface area contributed by atoms with Gasteiger partial charge in [-0.1, -0.05) is 0 Å². The van der Waals surface area contributed by atoms with Crippen LogP contribution in [0.5, 0.6) is 5.75 Å². The normalized spacial score (nSPS) is 20.8. The van der Waals surface area contributed by atoms with Crippen molar-refractivity contribution in [1.29, 1.82) is 0 Å². The number of rotatable bonds is 2. The average Bonchev–Trinajstić information content (AvgIpc) is 2.75. The van der Waals surface area contributed by atoms with Crippen LogP contribution in [0.2, 0.25) is 0 Å². The van der Waals surface area contributed by atoms with Gasteiger partial charge in [0.25, 0.3) is 0 Å². The molecule has 0 aliphatic carbocycles. The molecule has 1 saturated heterocycles. The molecule has 0 unspecified atom stereocenters. The Kier molecular flexibility index (Phi) is 2.88. The molecule has 0 saturated carbocycles. The summed E-state index contributed by atoms with van der Waals surface area (Å²) in [6, 6.07) is 0.161. The zero-order chi connectivity index (χ0) is 10.8. The monoisotopic (exact) mass is 208 g/mol. The molecule has 1 aromatic heterocycles. The fourth-order valence-electron chi connectivity index (χ4n) is 2.10. The molecule has 4 nitrogen and oxygen atoms in total. The van der Waals surface area contributed by atoms with Crippen molar-refractivity contribution in [3.8, 4) is 5.75 Å². The maximum atomic E-state index is 9.96. The van der Waals surface area contributed by atoms with Crippen LogP contribution in [0.4, 0.5) is 0 Å². The van der Waals surface area contributed by atoms with Gasteiger partial charge in [-0.2, -0.15) is 0 Å². The number of hydrogen-bond acceptors (Lipinski definition) is 4. The first-order valence-corrected chi connectivity index (χ1v) is 5.25. The fraction of sp³-hybridized carbons (Fsp3) is 0.545. The zero-order valence-corrected chi connectivity index (χ0v) is 8.82. The standard InChI is InChI=1S/C11H16N2O2/c1-7-11(15)10(8(6-14)5-13-7)9-3-2-4-12-9/h5,9,12,14-15H,2-4,6H2,1H3/t9-/m0/s1. The molecule has 3 N–H and O–H groups in total. The second-order valence-electron chi connectivity index (χ2n) is 3.94. The Balaban J connectivity index is 2.45. The lowest BCUT2D eigenvalue weighted by Crippen LogP contribution is -2.15. The molecule has 1 fully saturated rings. The number of aliphatic hydroxyl groups excluding tert-OH is 1. The predicted octanol–water partition coefficient (Wildman–Crippen LogP) is 1.01. The Morgan fingerprint density at radius 2 is 2.40 bits per heavy atom. The Hall–Kier alpha value is -1.13. The van der Waals surface area contributed by atoms with Gasteiger partial charge in [0.1, 0.15) is 5.75 Å². The minimum atomic E-state index is -0.0750. The number of nitrogens with one attached hydrogen (secondary N) is 1. The van der Waals surface area contributed by atoms with Crippen molar-refractivity contribution in [2.75, 3.05) is 6.54 Å². The van der Waals surface area contributed by atoms with Crippen LogP contribution >= 0.6 is 0 Å². The topological polar surface area (TPSA) is 65.4 Å². The number of hydrogen-bond donors (Lipinski definition) is 3. The molecule has 4 heteroatoms. The first-order chi connectivity index (χ1) is 7.24. The first kappa shape index (κ1) is 10.4. The Morgan fingerprint density at radius 1 is 1.60 bits per heavy atom. The fourth-order valence-corrected chi connectivity index (χ4v) is 2.10.